The third-order valence-corrected chi connectivity index (χ3v) is 2.78. The van der Waals surface area contributed by atoms with Gasteiger partial charge < -0.3 is 15.2 Å². The van der Waals surface area contributed by atoms with Crippen LogP contribution in [0.2, 0.25) is 0 Å². The van der Waals surface area contributed by atoms with Crippen LogP contribution in [-0.2, 0) is 11.2 Å². The molecule has 0 unspecified atom stereocenters. The average molecular weight is 272 g/mol. The second kappa shape index (κ2) is 6.56. The van der Waals surface area contributed by atoms with Crippen LogP contribution in [0.15, 0.2) is 42.7 Å². The fourth-order valence-corrected chi connectivity index (χ4v) is 1.76. The number of hydrogen-bond acceptors (Lipinski definition) is 5. The number of aromatic nitrogens is 1. The highest BCUT2D eigenvalue weighted by Gasteiger charge is 2.13. The van der Waals surface area contributed by atoms with E-state index in [4.69, 9.17) is 15.2 Å². The highest BCUT2D eigenvalue weighted by atomic mass is 16.5. The smallest absolute Gasteiger partial charge is 0.341 e. The van der Waals surface area contributed by atoms with E-state index < -0.39 is 5.97 Å². The maximum absolute atomic E-state index is 11.6. The predicted molar refractivity (Wildman–Crippen MR) is 75.6 cm³/mol. The molecule has 0 spiro atoms. The van der Waals surface area contributed by atoms with Crippen LogP contribution < -0.4 is 10.5 Å². The number of nitrogen functional groups attached to an aromatic ring is 1. The van der Waals surface area contributed by atoms with Crippen molar-refractivity contribution in [3.8, 4) is 5.75 Å². The molecule has 104 valence electrons. The molecule has 1 aromatic heterocycles. The summed E-state index contributed by atoms with van der Waals surface area (Å²) in [5.74, 6) is -0.0119. The number of carbonyl (C=O) groups excluding carboxylic acids is 1. The van der Waals surface area contributed by atoms with Gasteiger partial charge in [-0.15, -0.1) is 0 Å². The van der Waals surface area contributed by atoms with Crippen molar-refractivity contribution >= 4 is 11.7 Å². The lowest BCUT2D eigenvalue weighted by Gasteiger charge is -2.11. The topological polar surface area (TPSA) is 74.4 Å². The standard InChI is InChI=1S/C15H16N2O3/c1-19-15(18)13-5-4-12(16)9-14(13)20-8-6-11-3-2-7-17-10-11/h2-5,7,9-10H,6,8,16H2,1H3. The molecule has 1 heterocycles. The minimum Gasteiger partial charge on any atom is -0.492 e. The Morgan fingerprint density at radius 2 is 2.20 bits per heavy atom. The third kappa shape index (κ3) is 3.47. The molecule has 5 nitrogen and oxygen atoms in total. The Hall–Kier alpha value is -2.56. The molecule has 0 atom stereocenters. The fourth-order valence-electron chi connectivity index (χ4n) is 1.76. The van der Waals surface area contributed by atoms with E-state index in [1.165, 1.54) is 7.11 Å². The van der Waals surface area contributed by atoms with Crippen molar-refractivity contribution in [3.63, 3.8) is 0 Å². The molecule has 0 aliphatic rings. The van der Waals surface area contributed by atoms with E-state index in [0.717, 1.165) is 5.56 Å². The highest BCUT2D eigenvalue weighted by molar-refractivity contribution is 5.93. The van der Waals surface area contributed by atoms with Crippen LogP contribution in [0.1, 0.15) is 15.9 Å². The summed E-state index contributed by atoms with van der Waals surface area (Å²) in [6.45, 7) is 0.430. The molecule has 0 saturated carbocycles. The van der Waals surface area contributed by atoms with Crippen LogP contribution in [-0.4, -0.2) is 24.7 Å². The Morgan fingerprint density at radius 1 is 1.35 bits per heavy atom. The molecule has 2 rings (SSSR count). The quantitative estimate of drug-likeness (QED) is 0.666. The van der Waals surface area contributed by atoms with Crippen LogP contribution in [0.4, 0.5) is 5.69 Å². The van der Waals surface area contributed by atoms with E-state index in [1.54, 1.807) is 30.6 Å². The van der Waals surface area contributed by atoms with Crippen LogP contribution in [0.25, 0.3) is 0 Å². The van der Waals surface area contributed by atoms with Gasteiger partial charge in [0.2, 0.25) is 0 Å². The molecule has 0 fully saturated rings. The second-order valence-corrected chi connectivity index (χ2v) is 4.21. The van der Waals surface area contributed by atoms with Crippen molar-refractivity contribution in [2.45, 2.75) is 6.42 Å². The zero-order valence-corrected chi connectivity index (χ0v) is 11.2. The molecule has 0 radical (unpaired) electrons. The summed E-state index contributed by atoms with van der Waals surface area (Å²) in [5.41, 5.74) is 7.68. The number of anilines is 1. The van der Waals surface area contributed by atoms with E-state index >= 15 is 0 Å². The number of pyridine rings is 1. The zero-order chi connectivity index (χ0) is 14.4. The molecular formula is C15H16N2O3. The first-order valence-corrected chi connectivity index (χ1v) is 6.20. The minimum atomic E-state index is -0.443. The maximum atomic E-state index is 11.6. The van der Waals surface area contributed by atoms with E-state index in [0.29, 0.717) is 30.0 Å². The molecule has 0 aliphatic carbocycles. The number of rotatable bonds is 5. The summed E-state index contributed by atoms with van der Waals surface area (Å²) in [6, 6.07) is 8.70. The number of ether oxygens (including phenoxy) is 2. The molecule has 20 heavy (non-hydrogen) atoms. The lowest BCUT2D eigenvalue weighted by molar-refractivity contribution is 0.0596. The Kier molecular flexibility index (Phi) is 4.55. The number of nitrogens with zero attached hydrogens (tertiary/aromatic N) is 1. The van der Waals surface area contributed by atoms with Crippen LogP contribution in [0.3, 0.4) is 0 Å². The van der Waals surface area contributed by atoms with Crippen molar-refractivity contribution in [2.75, 3.05) is 19.5 Å². The minimum absolute atomic E-state index is 0.368. The van der Waals surface area contributed by atoms with Gasteiger partial charge in [0.1, 0.15) is 11.3 Å². The SMILES string of the molecule is COC(=O)c1ccc(N)cc1OCCc1cccnc1. The van der Waals surface area contributed by atoms with Gasteiger partial charge in [-0.2, -0.15) is 0 Å². The lowest BCUT2D eigenvalue weighted by atomic mass is 10.2. The Labute approximate surface area is 117 Å². The number of carbonyl (C=O) groups is 1. The van der Waals surface area contributed by atoms with Gasteiger partial charge in [0.15, 0.2) is 0 Å². The van der Waals surface area contributed by atoms with E-state index in [9.17, 15) is 4.79 Å². The van der Waals surface area contributed by atoms with Crippen molar-refractivity contribution in [2.24, 2.45) is 0 Å². The largest absolute Gasteiger partial charge is 0.492 e. The molecular weight excluding hydrogens is 256 g/mol. The van der Waals surface area contributed by atoms with Gasteiger partial charge in [-0.05, 0) is 23.8 Å². The van der Waals surface area contributed by atoms with Gasteiger partial charge in [-0.25, -0.2) is 4.79 Å². The van der Waals surface area contributed by atoms with E-state index in [2.05, 4.69) is 4.98 Å². The summed E-state index contributed by atoms with van der Waals surface area (Å²) < 4.78 is 10.3. The molecule has 0 bridgehead atoms. The Balaban J connectivity index is 2.05. The lowest BCUT2D eigenvalue weighted by Crippen LogP contribution is -2.08. The number of benzene rings is 1. The average Bonchev–Trinajstić information content (AvgIpc) is 2.48. The summed E-state index contributed by atoms with van der Waals surface area (Å²) in [4.78, 5) is 15.7. The molecule has 2 aromatic rings. The summed E-state index contributed by atoms with van der Waals surface area (Å²) in [6.07, 6.45) is 4.20. The third-order valence-electron chi connectivity index (χ3n) is 2.78. The molecule has 2 N–H and O–H groups in total. The van der Waals surface area contributed by atoms with E-state index in [1.807, 2.05) is 12.1 Å². The molecule has 0 amide bonds. The second-order valence-electron chi connectivity index (χ2n) is 4.21. The molecule has 1 aromatic carbocycles. The number of methoxy groups -OCH3 is 1. The first-order valence-electron chi connectivity index (χ1n) is 6.20. The summed E-state index contributed by atoms with van der Waals surface area (Å²) in [7, 11) is 1.33. The predicted octanol–water partition coefficient (Wildman–Crippen LogP) is 2.07. The van der Waals surface area contributed by atoms with Gasteiger partial charge in [-0.3, -0.25) is 4.98 Å². The molecule has 0 aliphatic heterocycles. The molecule has 5 heteroatoms. The van der Waals surface area contributed by atoms with Crippen molar-refractivity contribution in [3.05, 3.63) is 53.9 Å². The number of hydrogen-bond donors (Lipinski definition) is 1. The normalized spacial score (nSPS) is 10.1. The van der Waals surface area contributed by atoms with Gasteiger partial charge in [-0.1, -0.05) is 6.07 Å². The summed E-state index contributed by atoms with van der Waals surface area (Å²) >= 11 is 0. The van der Waals surface area contributed by atoms with Gasteiger partial charge in [0.05, 0.1) is 13.7 Å². The Morgan fingerprint density at radius 3 is 2.90 bits per heavy atom. The summed E-state index contributed by atoms with van der Waals surface area (Å²) in [5, 5.41) is 0. The molecule has 0 saturated heterocycles. The first kappa shape index (κ1) is 13.9. The number of esters is 1. The Bertz CT molecular complexity index is 585. The van der Waals surface area contributed by atoms with Crippen LogP contribution in [0.5, 0.6) is 5.75 Å². The van der Waals surface area contributed by atoms with Crippen LogP contribution >= 0.6 is 0 Å². The van der Waals surface area contributed by atoms with Gasteiger partial charge >= 0.3 is 5.97 Å². The fraction of sp³-hybridized carbons (Fsp3) is 0.200. The zero-order valence-electron chi connectivity index (χ0n) is 11.2. The van der Waals surface area contributed by atoms with Crippen LogP contribution in [0, 0.1) is 0 Å². The van der Waals surface area contributed by atoms with Crippen molar-refractivity contribution in [1.82, 2.24) is 4.98 Å². The van der Waals surface area contributed by atoms with E-state index in [-0.39, 0.29) is 0 Å². The maximum Gasteiger partial charge on any atom is 0.341 e. The number of nitrogens with two attached hydrogens (primary N) is 1. The highest BCUT2D eigenvalue weighted by Crippen LogP contribution is 2.22. The van der Waals surface area contributed by atoms with Gasteiger partial charge in [0, 0.05) is 30.6 Å². The van der Waals surface area contributed by atoms with Gasteiger partial charge in [0.25, 0.3) is 0 Å². The monoisotopic (exact) mass is 272 g/mol. The first-order chi connectivity index (χ1) is 9.70. The van der Waals surface area contributed by atoms with Crippen molar-refractivity contribution < 1.29 is 14.3 Å². The van der Waals surface area contributed by atoms with Crippen molar-refractivity contribution in [1.29, 1.82) is 0 Å².